The molecule has 0 spiro atoms. The highest BCUT2D eigenvalue weighted by Crippen LogP contribution is 2.16. The lowest BCUT2D eigenvalue weighted by atomic mass is 10.1. The lowest BCUT2D eigenvalue weighted by molar-refractivity contribution is -0.167. The predicted octanol–water partition coefficient (Wildman–Crippen LogP) is 20.8. The van der Waals surface area contributed by atoms with Gasteiger partial charge in [0.25, 0.3) is 0 Å². The van der Waals surface area contributed by atoms with Crippen molar-refractivity contribution in [3.63, 3.8) is 0 Å². The second-order valence-corrected chi connectivity index (χ2v) is 20.6. The Bertz CT molecular complexity index is 1280. The zero-order valence-corrected chi connectivity index (χ0v) is 47.2. The van der Waals surface area contributed by atoms with Gasteiger partial charge >= 0.3 is 17.9 Å². The third kappa shape index (κ3) is 57.9. The molecular formula is C65H116O6. The lowest BCUT2D eigenvalue weighted by Crippen LogP contribution is -2.30. The van der Waals surface area contributed by atoms with Crippen LogP contribution in [-0.2, 0) is 28.6 Å². The van der Waals surface area contributed by atoms with E-state index in [1.807, 2.05) is 0 Å². The molecular weight excluding hydrogens is 877 g/mol. The second-order valence-electron chi connectivity index (χ2n) is 20.6. The van der Waals surface area contributed by atoms with Gasteiger partial charge in [-0.1, -0.05) is 248 Å². The van der Waals surface area contributed by atoms with Crippen LogP contribution in [0.15, 0.2) is 60.8 Å². The molecule has 0 aliphatic rings. The molecule has 0 fully saturated rings. The van der Waals surface area contributed by atoms with Gasteiger partial charge < -0.3 is 14.2 Å². The van der Waals surface area contributed by atoms with Crippen LogP contribution in [0.2, 0.25) is 0 Å². The minimum atomic E-state index is -0.782. The van der Waals surface area contributed by atoms with Crippen LogP contribution >= 0.6 is 0 Å². The highest BCUT2D eigenvalue weighted by molar-refractivity contribution is 5.71. The molecule has 1 unspecified atom stereocenters. The molecule has 0 aliphatic carbocycles. The largest absolute Gasteiger partial charge is 0.462 e. The smallest absolute Gasteiger partial charge is 0.306 e. The van der Waals surface area contributed by atoms with E-state index in [9.17, 15) is 14.4 Å². The SMILES string of the molecule is CCCCC/C=C\C/C=C\CCCCCCCCCCCC(=O)OCC(COC(=O)CCCCCCCCC/C=C\CCCCCCCC)OC(=O)CCCCCCCCC/C=C\C/C=C\CCCCC. The number of hydrogen-bond acceptors (Lipinski definition) is 6. The summed E-state index contributed by atoms with van der Waals surface area (Å²) in [4.78, 5) is 38.3. The average molecular weight is 994 g/mol. The van der Waals surface area contributed by atoms with Crippen LogP contribution < -0.4 is 0 Å². The number of ether oxygens (including phenoxy) is 3. The Morgan fingerprint density at radius 2 is 0.507 bits per heavy atom. The summed E-state index contributed by atoms with van der Waals surface area (Å²) in [5, 5.41) is 0. The number of rotatable bonds is 56. The topological polar surface area (TPSA) is 78.9 Å². The van der Waals surface area contributed by atoms with Crippen LogP contribution in [0, 0.1) is 0 Å². The van der Waals surface area contributed by atoms with Crippen LogP contribution in [-0.4, -0.2) is 37.2 Å². The summed E-state index contributed by atoms with van der Waals surface area (Å²) in [5.74, 6) is -0.881. The normalized spacial score (nSPS) is 12.4. The van der Waals surface area contributed by atoms with Crippen LogP contribution in [0.5, 0.6) is 0 Å². The van der Waals surface area contributed by atoms with E-state index in [1.54, 1.807) is 0 Å². The zero-order valence-electron chi connectivity index (χ0n) is 47.2. The van der Waals surface area contributed by atoms with Gasteiger partial charge in [0.05, 0.1) is 0 Å². The van der Waals surface area contributed by atoms with Crippen molar-refractivity contribution >= 4 is 17.9 Å². The fourth-order valence-corrected chi connectivity index (χ4v) is 8.79. The van der Waals surface area contributed by atoms with Gasteiger partial charge in [0.2, 0.25) is 0 Å². The summed E-state index contributed by atoms with van der Waals surface area (Å²) in [7, 11) is 0. The molecule has 412 valence electrons. The minimum absolute atomic E-state index is 0.0796. The Kier molecular flexibility index (Phi) is 57.2. The van der Waals surface area contributed by atoms with Crippen LogP contribution in [0.4, 0.5) is 0 Å². The van der Waals surface area contributed by atoms with E-state index in [4.69, 9.17) is 14.2 Å². The summed E-state index contributed by atoms with van der Waals surface area (Å²) in [6.45, 7) is 6.61. The maximum absolute atomic E-state index is 12.9. The van der Waals surface area contributed by atoms with Crippen LogP contribution in [0.25, 0.3) is 0 Å². The predicted molar refractivity (Wildman–Crippen MR) is 307 cm³/mol. The molecule has 71 heavy (non-hydrogen) atoms. The van der Waals surface area contributed by atoms with Gasteiger partial charge in [0, 0.05) is 19.3 Å². The number of unbranched alkanes of at least 4 members (excludes halogenated alkanes) is 35. The Balaban J connectivity index is 4.38. The van der Waals surface area contributed by atoms with Gasteiger partial charge in [0.15, 0.2) is 6.10 Å². The van der Waals surface area contributed by atoms with Crippen LogP contribution in [0.1, 0.15) is 316 Å². The van der Waals surface area contributed by atoms with Crippen molar-refractivity contribution < 1.29 is 28.6 Å². The standard InChI is InChI=1S/C65H116O6/c1-4-7-10-13-16-19-22-25-28-31-32-35-37-40-43-46-49-52-55-58-64(67)70-61-62(71-65(68)59-56-53-50-47-44-41-38-34-30-27-24-21-18-15-12-9-6-3)60-69-63(66)57-54-51-48-45-42-39-36-33-29-26-23-20-17-14-11-8-5-2/h16,18-19,21,25-30,62H,4-15,17,20,22-24,31-61H2,1-3H3/b19-16-,21-18-,28-25-,29-26-,30-27-. The number of allylic oxidation sites excluding steroid dienone is 10. The lowest BCUT2D eigenvalue weighted by Gasteiger charge is -2.18. The maximum atomic E-state index is 12.9. The molecule has 0 radical (unpaired) electrons. The number of carbonyl (C=O) groups is 3. The summed E-state index contributed by atoms with van der Waals surface area (Å²) >= 11 is 0. The summed E-state index contributed by atoms with van der Waals surface area (Å²) in [6.07, 6.45) is 74.9. The molecule has 0 N–H and O–H groups in total. The monoisotopic (exact) mass is 993 g/mol. The average Bonchev–Trinajstić information content (AvgIpc) is 3.37. The molecule has 0 rings (SSSR count). The molecule has 1 atom stereocenters. The Hall–Kier alpha value is -2.89. The number of esters is 3. The highest BCUT2D eigenvalue weighted by Gasteiger charge is 2.19. The molecule has 0 saturated heterocycles. The number of carbonyl (C=O) groups excluding carboxylic acids is 3. The van der Waals surface area contributed by atoms with Gasteiger partial charge in [-0.25, -0.2) is 0 Å². The van der Waals surface area contributed by atoms with Crippen molar-refractivity contribution in [2.24, 2.45) is 0 Å². The Labute approximate surface area is 440 Å². The molecule has 6 nitrogen and oxygen atoms in total. The van der Waals surface area contributed by atoms with Gasteiger partial charge in [-0.3, -0.25) is 14.4 Å². The zero-order chi connectivity index (χ0) is 51.4. The first-order chi connectivity index (χ1) is 35.0. The molecule has 6 heteroatoms. The summed E-state index contributed by atoms with van der Waals surface area (Å²) in [5.41, 5.74) is 0. The first-order valence-corrected chi connectivity index (χ1v) is 30.8. The van der Waals surface area contributed by atoms with E-state index >= 15 is 0 Å². The van der Waals surface area contributed by atoms with Gasteiger partial charge in [0.1, 0.15) is 13.2 Å². The number of hydrogen-bond donors (Lipinski definition) is 0. The van der Waals surface area contributed by atoms with Crippen molar-refractivity contribution in [2.45, 2.75) is 322 Å². The molecule has 0 aromatic heterocycles. The molecule has 0 heterocycles. The van der Waals surface area contributed by atoms with E-state index in [2.05, 4.69) is 81.5 Å². The van der Waals surface area contributed by atoms with Crippen molar-refractivity contribution in [2.75, 3.05) is 13.2 Å². The van der Waals surface area contributed by atoms with Crippen molar-refractivity contribution in [1.29, 1.82) is 0 Å². The second kappa shape index (κ2) is 59.7. The molecule has 0 bridgehead atoms. The molecule has 0 aliphatic heterocycles. The molecule has 0 amide bonds. The first kappa shape index (κ1) is 68.1. The fraction of sp³-hybridized carbons (Fsp3) is 0.800. The Morgan fingerprint density at radius 3 is 0.817 bits per heavy atom. The summed E-state index contributed by atoms with van der Waals surface area (Å²) < 4.78 is 16.9. The van der Waals surface area contributed by atoms with E-state index in [0.717, 1.165) is 77.0 Å². The van der Waals surface area contributed by atoms with Crippen molar-refractivity contribution in [3.8, 4) is 0 Å². The first-order valence-electron chi connectivity index (χ1n) is 30.8. The van der Waals surface area contributed by atoms with Crippen LogP contribution in [0.3, 0.4) is 0 Å². The van der Waals surface area contributed by atoms with Gasteiger partial charge in [-0.05, 0) is 109 Å². The van der Waals surface area contributed by atoms with Gasteiger partial charge in [-0.2, -0.15) is 0 Å². The summed E-state index contributed by atoms with van der Waals surface area (Å²) in [6, 6.07) is 0. The molecule has 0 saturated carbocycles. The molecule has 0 aromatic carbocycles. The highest BCUT2D eigenvalue weighted by atomic mass is 16.6. The van der Waals surface area contributed by atoms with E-state index in [1.165, 1.54) is 199 Å². The third-order valence-electron chi connectivity index (χ3n) is 13.5. The van der Waals surface area contributed by atoms with Crippen molar-refractivity contribution in [3.05, 3.63) is 60.8 Å². The van der Waals surface area contributed by atoms with E-state index in [0.29, 0.717) is 19.3 Å². The fourth-order valence-electron chi connectivity index (χ4n) is 8.79. The minimum Gasteiger partial charge on any atom is -0.462 e. The van der Waals surface area contributed by atoms with Gasteiger partial charge in [-0.15, -0.1) is 0 Å². The quantitative estimate of drug-likeness (QED) is 0.0261. The van der Waals surface area contributed by atoms with E-state index in [-0.39, 0.29) is 31.1 Å². The third-order valence-corrected chi connectivity index (χ3v) is 13.5. The maximum Gasteiger partial charge on any atom is 0.306 e. The molecule has 0 aromatic rings. The Morgan fingerprint density at radius 1 is 0.282 bits per heavy atom. The van der Waals surface area contributed by atoms with E-state index < -0.39 is 6.10 Å². The van der Waals surface area contributed by atoms with Crippen molar-refractivity contribution in [1.82, 2.24) is 0 Å².